The highest BCUT2D eigenvalue weighted by Gasteiger charge is 2.46. The molecule has 0 radical (unpaired) electrons. The molecule has 2 unspecified atom stereocenters. The van der Waals surface area contributed by atoms with Gasteiger partial charge in [-0.2, -0.15) is 0 Å². The summed E-state index contributed by atoms with van der Waals surface area (Å²) in [5, 5.41) is -0.343. The number of carbonyl (C=O) groups is 2. The van der Waals surface area contributed by atoms with E-state index >= 15 is 8.78 Å². The average Bonchev–Trinajstić information content (AvgIpc) is 3.34. The van der Waals surface area contributed by atoms with Crippen LogP contribution in [0, 0.1) is 11.6 Å². The number of nitrogens with zero attached hydrogens (tertiary/aromatic N) is 2. The third-order valence-corrected chi connectivity index (χ3v) is 11.0. The fraction of sp³-hybridized carbons (Fsp3) is 0.357. The molecule has 2 heterocycles. The van der Waals surface area contributed by atoms with Gasteiger partial charge in [-0.3, -0.25) is 19.4 Å². The van der Waals surface area contributed by atoms with Crippen LogP contribution in [-0.2, 0) is 9.59 Å². The van der Waals surface area contributed by atoms with Gasteiger partial charge in [0.15, 0.2) is 0 Å². The van der Waals surface area contributed by atoms with Gasteiger partial charge in [-0.25, -0.2) is 8.78 Å². The molecule has 4 aliphatic rings. The predicted octanol–water partition coefficient (Wildman–Crippen LogP) is 8.44. The second-order valence-corrected chi connectivity index (χ2v) is 13.2. The van der Waals surface area contributed by atoms with E-state index in [1.165, 1.54) is 43.5 Å². The standard InChI is InChI=1S/C28H24Cl2F2N2O2S2/c29-15-9-11-23(21(31)13-15)33-25(35)17-5-1-3-7-19(17)27(33)37-38-28-20-8-4-2-6-18(20)26(36)34(28)24-12-10-16(30)14-22(24)32/h9-14,27-28H,1-8H2. The third-order valence-electron chi connectivity index (χ3n) is 7.62. The van der Waals surface area contributed by atoms with Crippen LogP contribution >= 0.6 is 44.8 Å². The number of carbonyl (C=O) groups excluding carboxylic acids is 2. The lowest BCUT2D eigenvalue weighted by Gasteiger charge is -2.31. The summed E-state index contributed by atoms with van der Waals surface area (Å²) in [6, 6.07) is 8.69. The molecule has 2 aliphatic carbocycles. The first-order valence-corrected chi connectivity index (χ1v) is 15.7. The van der Waals surface area contributed by atoms with Crippen molar-refractivity contribution in [3.05, 3.63) is 80.4 Å². The van der Waals surface area contributed by atoms with Crippen LogP contribution in [0.3, 0.4) is 0 Å². The lowest BCUT2D eigenvalue weighted by Crippen LogP contribution is -2.36. The monoisotopic (exact) mass is 592 g/mol. The largest absolute Gasteiger partial charge is 0.289 e. The van der Waals surface area contributed by atoms with Crippen molar-refractivity contribution in [3.63, 3.8) is 0 Å². The Kier molecular flexibility index (Phi) is 7.27. The summed E-state index contributed by atoms with van der Waals surface area (Å²) in [6.45, 7) is 0. The second kappa shape index (κ2) is 10.5. The smallest absolute Gasteiger partial charge is 0.255 e. The molecule has 198 valence electrons. The van der Waals surface area contributed by atoms with E-state index in [2.05, 4.69) is 0 Å². The molecule has 2 atom stereocenters. The van der Waals surface area contributed by atoms with Crippen LogP contribution in [0.4, 0.5) is 20.2 Å². The van der Waals surface area contributed by atoms with E-state index < -0.39 is 22.4 Å². The van der Waals surface area contributed by atoms with Crippen molar-refractivity contribution in [1.29, 1.82) is 0 Å². The van der Waals surface area contributed by atoms with E-state index in [1.54, 1.807) is 24.3 Å². The molecule has 2 aliphatic heterocycles. The van der Waals surface area contributed by atoms with Gasteiger partial charge in [0.2, 0.25) is 0 Å². The Labute approximate surface area is 237 Å². The second-order valence-electron chi connectivity index (χ2n) is 9.86. The third kappa shape index (κ3) is 4.47. The first kappa shape index (κ1) is 26.2. The Morgan fingerprint density at radius 3 is 1.45 bits per heavy atom. The minimum atomic E-state index is -0.556. The van der Waals surface area contributed by atoms with Gasteiger partial charge in [0.1, 0.15) is 22.4 Å². The molecule has 0 saturated heterocycles. The number of hydrogen-bond acceptors (Lipinski definition) is 4. The molecule has 0 bridgehead atoms. The fourth-order valence-corrected chi connectivity index (χ4v) is 9.55. The van der Waals surface area contributed by atoms with Gasteiger partial charge in [-0.1, -0.05) is 44.8 Å². The van der Waals surface area contributed by atoms with Gasteiger partial charge < -0.3 is 0 Å². The molecular weight excluding hydrogens is 569 g/mol. The van der Waals surface area contributed by atoms with E-state index in [0.717, 1.165) is 60.8 Å². The predicted molar refractivity (Wildman–Crippen MR) is 152 cm³/mol. The Hall–Kier alpha value is -2.00. The van der Waals surface area contributed by atoms with Gasteiger partial charge in [0.25, 0.3) is 11.8 Å². The Morgan fingerprint density at radius 1 is 0.658 bits per heavy atom. The minimum absolute atomic E-state index is 0.181. The molecule has 2 aromatic carbocycles. The quantitative estimate of drug-likeness (QED) is 0.327. The summed E-state index contributed by atoms with van der Waals surface area (Å²) >= 11 is 12.0. The van der Waals surface area contributed by atoms with E-state index in [-0.39, 0.29) is 33.2 Å². The molecular formula is C28H24Cl2F2N2O2S2. The maximum Gasteiger partial charge on any atom is 0.255 e. The molecule has 10 heteroatoms. The zero-order valence-electron chi connectivity index (χ0n) is 20.3. The molecule has 2 aromatic rings. The van der Waals surface area contributed by atoms with Crippen molar-refractivity contribution in [3.8, 4) is 0 Å². The van der Waals surface area contributed by atoms with Crippen molar-refractivity contribution in [1.82, 2.24) is 0 Å². The number of amides is 2. The minimum Gasteiger partial charge on any atom is -0.289 e. The molecule has 0 spiro atoms. The molecule has 0 fully saturated rings. The lowest BCUT2D eigenvalue weighted by atomic mass is 9.94. The van der Waals surface area contributed by atoms with Crippen LogP contribution < -0.4 is 9.80 Å². The normalized spacial score (nSPS) is 23.5. The number of benzene rings is 2. The highest BCUT2D eigenvalue weighted by atomic mass is 35.5. The first-order valence-electron chi connectivity index (χ1n) is 12.7. The van der Waals surface area contributed by atoms with E-state index in [9.17, 15) is 9.59 Å². The van der Waals surface area contributed by atoms with Gasteiger partial charge in [-0.05, 0) is 98.9 Å². The highest BCUT2D eigenvalue weighted by Crippen LogP contribution is 2.53. The molecule has 0 aromatic heterocycles. The van der Waals surface area contributed by atoms with Crippen molar-refractivity contribution < 1.29 is 18.4 Å². The number of rotatable bonds is 5. The Balaban J connectivity index is 1.36. The zero-order chi connectivity index (χ0) is 26.6. The van der Waals surface area contributed by atoms with Crippen LogP contribution in [-0.4, -0.2) is 22.6 Å². The molecule has 0 N–H and O–H groups in total. The maximum atomic E-state index is 15.1. The molecule has 4 nitrogen and oxygen atoms in total. The van der Waals surface area contributed by atoms with Crippen LogP contribution in [0.5, 0.6) is 0 Å². The van der Waals surface area contributed by atoms with Crippen molar-refractivity contribution >= 4 is 68.0 Å². The summed E-state index contributed by atoms with van der Waals surface area (Å²) in [4.78, 5) is 30.1. The Morgan fingerprint density at radius 2 is 1.05 bits per heavy atom. The van der Waals surface area contributed by atoms with Crippen LogP contribution in [0.25, 0.3) is 0 Å². The maximum absolute atomic E-state index is 15.1. The van der Waals surface area contributed by atoms with Gasteiger partial charge in [0, 0.05) is 21.2 Å². The van der Waals surface area contributed by atoms with Crippen molar-refractivity contribution in [2.45, 2.75) is 62.1 Å². The van der Waals surface area contributed by atoms with Crippen LogP contribution in [0.2, 0.25) is 10.0 Å². The number of anilines is 2. The van der Waals surface area contributed by atoms with Crippen molar-refractivity contribution in [2.75, 3.05) is 9.80 Å². The summed E-state index contributed by atoms with van der Waals surface area (Å²) in [7, 11) is 2.88. The number of hydrogen-bond donors (Lipinski definition) is 0. The van der Waals surface area contributed by atoms with E-state index in [4.69, 9.17) is 23.2 Å². The summed E-state index contributed by atoms with van der Waals surface area (Å²) in [5.41, 5.74) is 3.91. The Bertz CT molecular complexity index is 1310. The van der Waals surface area contributed by atoms with Gasteiger partial charge in [0.05, 0.1) is 11.4 Å². The van der Waals surface area contributed by atoms with Crippen molar-refractivity contribution in [2.24, 2.45) is 0 Å². The van der Waals surface area contributed by atoms with Gasteiger partial charge >= 0.3 is 0 Å². The van der Waals surface area contributed by atoms with E-state index in [1.807, 2.05) is 0 Å². The molecule has 6 rings (SSSR count). The average molecular weight is 594 g/mol. The topological polar surface area (TPSA) is 40.6 Å². The first-order chi connectivity index (χ1) is 18.3. The molecule has 2 amide bonds. The molecule has 0 saturated carbocycles. The fourth-order valence-electron chi connectivity index (χ4n) is 5.84. The zero-order valence-corrected chi connectivity index (χ0v) is 23.5. The van der Waals surface area contributed by atoms with Gasteiger partial charge in [-0.15, -0.1) is 0 Å². The summed E-state index contributed by atoms with van der Waals surface area (Å²) < 4.78 is 30.2. The molecule has 38 heavy (non-hydrogen) atoms. The summed E-state index contributed by atoms with van der Waals surface area (Å²) in [6.07, 6.45) is 6.62. The highest BCUT2D eigenvalue weighted by molar-refractivity contribution is 8.77. The number of halogens is 4. The van der Waals surface area contributed by atoms with Crippen LogP contribution in [0.15, 0.2) is 58.7 Å². The lowest BCUT2D eigenvalue weighted by molar-refractivity contribution is -0.115. The summed E-state index contributed by atoms with van der Waals surface area (Å²) in [5.74, 6) is -1.47. The SMILES string of the molecule is O=C1C2=C(CCCC2)C(SSC2C3=C(CCCC3)C(=O)N2c2ccc(Cl)cc2F)N1c1ccc(Cl)cc1F. The van der Waals surface area contributed by atoms with Crippen LogP contribution in [0.1, 0.15) is 51.4 Å². The van der Waals surface area contributed by atoms with E-state index in [0.29, 0.717) is 12.8 Å².